The molecule has 0 atom stereocenters. The normalized spacial score (nSPS) is 21.6. The van der Waals surface area contributed by atoms with E-state index in [4.69, 9.17) is 9.31 Å². The third kappa shape index (κ3) is 2.21. The van der Waals surface area contributed by atoms with E-state index in [-0.39, 0.29) is 18.3 Å². The highest BCUT2D eigenvalue weighted by molar-refractivity contribution is 6.62. The van der Waals surface area contributed by atoms with E-state index in [2.05, 4.69) is 39.7 Å². The van der Waals surface area contributed by atoms with Gasteiger partial charge in [0, 0.05) is 18.7 Å². The number of hydrogen-bond acceptors (Lipinski definition) is 3. The highest BCUT2D eigenvalue weighted by Gasteiger charge is 2.52. The van der Waals surface area contributed by atoms with Crippen LogP contribution in [0.4, 0.5) is 0 Å². The molecule has 1 aromatic heterocycles. The van der Waals surface area contributed by atoms with E-state index in [0.717, 1.165) is 24.0 Å². The predicted molar refractivity (Wildman–Crippen MR) is 72.9 cm³/mol. The molecule has 100 valence electrons. The van der Waals surface area contributed by atoms with Gasteiger partial charge in [-0.25, -0.2) is 0 Å². The van der Waals surface area contributed by atoms with Crippen molar-refractivity contribution in [1.29, 1.82) is 0 Å². The van der Waals surface area contributed by atoms with Crippen LogP contribution in [0.25, 0.3) is 0 Å². The van der Waals surface area contributed by atoms with E-state index in [0.29, 0.717) is 0 Å². The second kappa shape index (κ2) is 4.39. The van der Waals surface area contributed by atoms with Crippen molar-refractivity contribution in [1.82, 2.24) is 9.78 Å². The zero-order chi connectivity index (χ0) is 13.6. The Labute approximate surface area is 110 Å². The number of aromatic nitrogens is 2. The molecule has 0 spiro atoms. The Hall–Kier alpha value is -0.805. The van der Waals surface area contributed by atoms with E-state index >= 15 is 0 Å². The lowest BCUT2D eigenvalue weighted by Crippen LogP contribution is -2.41. The average Bonchev–Trinajstić information content (AvgIpc) is 2.67. The third-order valence-corrected chi connectivity index (χ3v) is 3.93. The lowest BCUT2D eigenvalue weighted by Gasteiger charge is -2.32. The lowest BCUT2D eigenvalue weighted by atomic mass is 9.78. The molecular formula is C13H23BN2O2. The van der Waals surface area contributed by atoms with Crippen molar-refractivity contribution < 1.29 is 9.31 Å². The van der Waals surface area contributed by atoms with E-state index in [1.54, 1.807) is 0 Å². The first-order valence-electron chi connectivity index (χ1n) is 6.65. The fraction of sp³-hybridized carbons (Fsp3) is 0.769. The molecule has 0 bridgehead atoms. The Morgan fingerprint density at radius 2 is 1.78 bits per heavy atom. The van der Waals surface area contributed by atoms with E-state index in [9.17, 15) is 0 Å². The van der Waals surface area contributed by atoms with Crippen molar-refractivity contribution in [3.05, 3.63) is 11.9 Å². The van der Waals surface area contributed by atoms with Crippen LogP contribution in [0.3, 0.4) is 0 Å². The summed E-state index contributed by atoms with van der Waals surface area (Å²) in [5, 5.41) is 4.50. The largest absolute Gasteiger partial charge is 0.498 e. The minimum absolute atomic E-state index is 0.295. The van der Waals surface area contributed by atoms with Crippen LogP contribution >= 0.6 is 0 Å². The number of aryl methyl sites for hydroxylation is 2. The monoisotopic (exact) mass is 250 g/mol. The minimum atomic E-state index is -0.301. The fourth-order valence-electron chi connectivity index (χ4n) is 2.15. The molecule has 0 N–H and O–H groups in total. The molecular weight excluding hydrogens is 227 g/mol. The van der Waals surface area contributed by atoms with E-state index in [1.807, 2.05) is 17.9 Å². The van der Waals surface area contributed by atoms with Crippen LogP contribution in [0.2, 0.25) is 0 Å². The molecule has 0 unspecified atom stereocenters. The van der Waals surface area contributed by atoms with Crippen molar-refractivity contribution >= 4 is 12.6 Å². The maximum Gasteiger partial charge on any atom is 0.498 e. The standard InChI is InChI=1S/C13H23BN2O2/c1-7-8-11-10(9-16(6)15-11)14-17-12(2,3)13(4,5)18-14/h9H,7-8H2,1-6H3. The first-order valence-corrected chi connectivity index (χ1v) is 6.65. The lowest BCUT2D eigenvalue weighted by molar-refractivity contribution is 0.00578. The Kier molecular flexibility index (Phi) is 3.32. The maximum atomic E-state index is 6.07. The van der Waals surface area contributed by atoms with Crippen LogP contribution in [-0.2, 0) is 22.8 Å². The molecule has 1 saturated heterocycles. The van der Waals surface area contributed by atoms with Crippen molar-refractivity contribution in [2.75, 3.05) is 0 Å². The topological polar surface area (TPSA) is 36.3 Å². The summed E-state index contributed by atoms with van der Waals surface area (Å²) < 4.78 is 14.0. The molecule has 0 saturated carbocycles. The molecule has 1 aromatic rings. The molecule has 0 aliphatic carbocycles. The molecule has 5 heteroatoms. The van der Waals surface area contributed by atoms with E-state index < -0.39 is 0 Å². The first-order chi connectivity index (χ1) is 8.27. The Balaban J connectivity index is 2.29. The highest BCUT2D eigenvalue weighted by Crippen LogP contribution is 2.36. The Morgan fingerprint density at radius 1 is 1.22 bits per heavy atom. The van der Waals surface area contributed by atoms with Gasteiger partial charge in [-0.1, -0.05) is 13.3 Å². The SMILES string of the molecule is CCCc1nn(C)cc1B1OC(C)(C)C(C)(C)O1. The zero-order valence-electron chi connectivity index (χ0n) is 12.3. The molecule has 1 aliphatic heterocycles. The summed E-state index contributed by atoms with van der Waals surface area (Å²) in [5.74, 6) is 0. The van der Waals surface area contributed by atoms with Crippen LogP contribution in [0.5, 0.6) is 0 Å². The summed E-state index contributed by atoms with van der Waals surface area (Å²) in [6.07, 6.45) is 4.04. The van der Waals surface area contributed by atoms with Gasteiger partial charge in [0.05, 0.1) is 16.9 Å². The summed E-state index contributed by atoms with van der Waals surface area (Å²) in [7, 11) is 1.64. The van der Waals surface area contributed by atoms with Gasteiger partial charge in [0.1, 0.15) is 0 Å². The first kappa shape index (κ1) is 13.6. The number of rotatable bonds is 3. The van der Waals surface area contributed by atoms with E-state index in [1.165, 1.54) is 0 Å². The van der Waals surface area contributed by atoms with Gasteiger partial charge in [-0.05, 0) is 34.1 Å². The molecule has 0 radical (unpaired) electrons. The maximum absolute atomic E-state index is 6.07. The third-order valence-electron chi connectivity index (χ3n) is 3.93. The minimum Gasteiger partial charge on any atom is -0.399 e. The van der Waals surface area contributed by atoms with Crippen molar-refractivity contribution in [2.45, 2.75) is 58.7 Å². The van der Waals surface area contributed by atoms with Gasteiger partial charge in [0.15, 0.2) is 0 Å². The summed E-state index contributed by atoms with van der Waals surface area (Å²) in [6, 6.07) is 0. The molecule has 1 aliphatic rings. The quantitative estimate of drug-likeness (QED) is 0.765. The summed E-state index contributed by atoms with van der Waals surface area (Å²) in [4.78, 5) is 0. The molecule has 0 amide bonds. The van der Waals surface area contributed by atoms with Crippen LogP contribution in [0.1, 0.15) is 46.7 Å². The number of hydrogen-bond donors (Lipinski definition) is 0. The van der Waals surface area contributed by atoms with Crippen LogP contribution in [0, 0.1) is 0 Å². The van der Waals surface area contributed by atoms with Gasteiger partial charge in [-0.2, -0.15) is 5.10 Å². The van der Waals surface area contributed by atoms with Gasteiger partial charge in [0.2, 0.25) is 0 Å². The molecule has 2 rings (SSSR count). The fourth-order valence-corrected chi connectivity index (χ4v) is 2.15. The van der Waals surface area contributed by atoms with Crippen LogP contribution in [0.15, 0.2) is 6.20 Å². The summed E-state index contributed by atoms with van der Waals surface area (Å²) in [6.45, 7) is 10.4. The van der Waals surface area contributed by atoms with Crippen molar-refractivity contribution in [3.8, 4) is 0 Å². The van der Waals surface area contributed by atoms with Gasteiger partial charge < -0.3 is 9.31 Å². The molecule has 2 heterocycles. The molecule has 0 aromatic carbocycles. The number of nitrogens with zero attached hydrogens (tertiary/aromatic N) is 2. The molecule has 4 nitrogen and oxygen atoms in total. The van der Waals surface area contributed by atoms with Crippen molar-refractivity contribution in [3.63, 3.8) is 0 Å². The predicted octanol–water partition coefficient (Wildman–Crippen LogP) is 1.67. The van der Waals surface area contributed by atoms with Crippen LogP contribution in [-0.4, -0.2) is 28.1 Å². The van der Waals surface area contributed by atoms with Gasteiger partial charge in [-0.3, -0.25) is 4.68 Å². The summed E-state index contributed by atoms with van der Waals surface area (Å²) in [5.41, 5.74) is 1.56. The molecule has 18 heavy (non-hydrogen) atoms. The Bertz CT molecular complexity index is 424. The highest BCUT2D eigenvalue weighted by atomic mass is 16.7. The Morgan fingerprint density at radius 3 is 2.28 bits per heavy atom. The zero-order valence-corrected chi connectivity index (χ0v) is 12.3. The smallest absolute Gasteiger partial charge is 0.399 e. The van der Waals surface area contributed by atoms with Gasteiger partial charge in [-0.15, -0.1) is 0 Å². The second-order valence-electron chi connectivity index (χ2n) is 6.04. The molecule has 1 fully saturated rings. The van der Waals surface area contributed by atoms with Gasteiger partial charge in [0.25, 0.3) is 0 Å². The summed E-state index contributed by atoms with van der Waals surface area (Å²) >= 11 is 0. The second-order valence-corrected chi connectivity index (χ2v) is 6.04. The van der Waals surface area contributed by atoms with Crippen LogP contribution < -0.4 is 5.46 Å². The van der Waals surface area contributed by atoms with Gasteiger partial charge >= 0.3 is 7.12 Å². The van der Waals surface area contributed by atoms with Crippen molar-refractivity contribution in [2.24, 2.45) is 7.05 Å². The average molecular weight is 250 g/mol.